The first kappa shape index (κ1) is 24.1. The maximum atomic E-state index is 10.2. The zero-order valence-electron chi connectivity index (χ0n) is 19.9. The molecule has 0 unspecified atom stereocenters. The van der Waals surface area contributed by atoms with Gasteiger partial charge in [0.1, 0.15) is 0 Å². The van der Waals surface area contributed by atoms with Crippen LogP contribution in [0.3, 0.4) is 0 Å². The molecule has 6 nitrogen and oxygen atoms in total. The van der Waals surface area contributed by atoms with E-state index in [-0.39, 0.29) is 0 Å². The predicted molar refractivity (Wildman–Crippen MR) is 136 cm³/mol. The average molecular weight is 461 g/mol. The maximum Gasteiger partial charge on any atom is 0.335 e. The summed E-state index contributed by atoms with van der Waals surface area (Å²) < 4.78 is 3.44. The van der Waals surface area contributed by atoms with Crippen LogP contribution in [0.15, 0.2) is 66.7 Å². The van der Waals surface area contributed by atoms with E-state index in [0.29, 0.717) is 5.56 Å². The predicted octanol–water partition coefficient (Wildman–Crippen LogP) is 4.39. The van der Waals surface area contributed by atoms with E-state index < -0.39 is 5.97 Å². The molecular formula is C27H25N4NaO2. The van der Waals surface area contributed by atoms with Gasteiger partial charge in [-0.05, 0) is 12.1 Å². The average Bonchev–Trinajstić information content (AvgIpc) is 3.17. The van der Waals surface area contributed by atoms with Crippen molar-refractivity contribution in [2.45, 2.75) is 33.7 Å². The van der Waals surface area contributed by atoms with E-state index in [1.165, 1.54) is 19.5 Å². The van der Waals surface area contributed by atoms with Gasteiger partial charge in [0.05, 0.1) is 5.56 Å². The first-order valence-electron chi connectivity index (χ1n) is 11.3. The fourth-order valence-corrected chi connectivity index (χ4v) is 4.50. The third-order valence-corrected chi connectivity index (χ3v) is 6.28. The Hall–Kier alpha value is -3.06. The van der Waals surface area contributed by atoms with Gasteiger partial charge in [-0.2, -0.15) is 0 Å². The minimum absolute atomic E-state index is 0.331. The Labute approximate surface area is 216 Å². The molecule has 1 N–H and O–H groups in total. The largest absolute Gasteiger partial charge is 0.478 e. The molecule has 2 aromatic carbocycles. The van der Waals surface area contributed by atoms with Crippen LogP contribution in [0, 0.1) is 13.8 Å². The minimum Gasteiger partial charge on any atom is -0.478 e. The quantitative estimate of drug-likeness (QED) is 0.403. The van der Waals surface area contributed by atoms with Gasteiger partial charge in [0.25, 0.3) is 0 Å². The number of carboxylic acid groups (broad SMARTS) is 1. The van der Waals surface area contributed by atoms with E-state index >= 15 is 0 Å². The summed E-state index contributed by atoms with van der Waals surface area (Å²) in [6, 6.07) is 21.1. The Morgan fingerprint density at radius 1 is 0.971 bits per heavy atom. The zero-order chi connectivity index (χ0) is 24.2. The van der Waals surface area contributed by atoms with Gasteiger partial charge >= 0.3 is 171 Å². The molecule has 0 aliphatic heterocycles. The van der Waals surface area contributed by atoms with Crippen LogP contribution in [0.5, 0.6) is 0 Å². The van der Waals surface area contributed by atoms with Crippen molar-refractivity contribution in [2.75, 3.05) is 0 Å². The number of hydrogen-bond acceptors (Lipinski definition) is 4. The Kier molecular flexibility index (Phi) is 7.41. The number of aromatic nitrogens is 4. The van der Waals surface area contributed by atoms with Crippen molar-refractivity contribution in [3.8, 4) is 0 Å². The van der Waals surface area contributed by atoms with Gasteiger partial charge in [-0.3, -0.25) is 0 Å². The molecule has 0 bridgehead atoms. The first-order valence-corrected chi connectivity index (χ1v) is 12.3. The molecule has 0 radical (unpaired) electrons. The molecule has 0 spiro atoms. The number of aryl methyl sites for hydroxylation is 3. The van der Waals surface area contributed by atoms with Gasteiger partial charge in [0.2, 0.25) is 0 Å². The fourth-order valence-electron chi connectivity index (χ4n) is 4.09. The summed E-state index contributed by atoms with van der Waals surface area (Å²) in [5.41, 5.74) is 6.90. The minimum atomic E-state index is -0.879. The summed E-state index contributed by atoms with van der Waals surface area (Å²) in [5.74, 6) is 0.205. The van der Waals surface area contributed by atoms with Crippen molar-refractivity contribution in [1.29, 1.82) is 0 Å². The molecule has 0 aliphatic rings. The molecule has 0 aliphatic carbocycles. The summed E-state index contributed by atoms with van der Waals surface area (Å²) in [4.78, 5) is 24.6. The number of pyridine rings is 2. The van der Waals surface area contributed by atoms with E-state index in [2.05, 4.69) is 54.8 Å². The molecule has 0 saturated carbocycles. The van der Waals surface area contributed by atoms with Crippen molar-refractivity contribution < 1.29 is 9.90 Å². The van der Waals surface area contributed by atoms with Gasteiger partial charge in [-0.1, -0.05) is 18.2 Å². The van der Waals surface area contributed by atoms with E-state index in [9.17, 15) is 4.79 Å². The van der Waals surface area contributed by atoms with Gasteiger partial charge in [0, 0.05) is 0 Å². The monoisotopic (exact) mass is 460 g/mol. The van der Waals surface area contributed by atoms with E-state index in [0.717, 1.165) is 69.1 Å². The molecule has 5 rings (SSSR count). The van der Waals surface area contributed by atoms with E-state index in [1.54, 1.807) is 30.3 Å². The van der Waals surface area contributed by atoms with Crippen LogP contribution in [0.1, 0.15) is 39.9 Å². The SMILES string of the molecule is CCc1nc2c(C)cc(C)nc2n1Cc1cccc2n[c]([Na])ccc12.O=C(O)c1ccccc1. The van der Waals surface area contributed by atoms with Crippen LogP contribution in [0.4, 0.5) is 0 Å². The molecule has 34 heavy (non-hydrogen) atoms. The zero-order valence-corrected chi connectivity index (χ0v) is 21.9. The Morgan fingerprint density at radius 3 is 2.41 bits per heavy atom. The van der Waals surface area contributed by atoms with Gasteiger partial charge in [0.15, 0.2) is 0 Å². The van der Waals surface area contributed by atoms with Crippen LogP contribution < -0.4 is 2.94 Å². The number of imidazole rings is 1. The third-order valence-electron chi connectivity index (χ3n) is 5.73. The molecule has 7 heteroatoms. The smallest absolute Gasteiger partial charge is 0.335 e. The number of benzene rings is 2. The number of carboxylic acids is 1. The van der Waals surface area contributed by atoms with E-state index in [1.807, 2.05) is 6.92 Å². The second-order valence-electron chi connectivity index (χ2n) is 8.33. The van der Waals surface area contributed by atoms with Gasteiger partial charge in [-0.25, -0.2) is 4.79 Å². The third kappa shape index (κ3) is 5.20. The number of rotatable bonds is 4. The van der Waals surface area contributed by atoms with Crippen molar-refractivity contribution in [3.63, 3.8) is 0 Å². The fraction of sp³-hybridized carbons (Fsp3) is 0.185. The van der Waals surface area contributed by atoms with Crippen LogP contribution in [0.25, 0.3) is 22.1 Å². The maximum absolute atomic E-state index is 10.2. The number of aromatic carboxylic acids is 1. The number of nitrogens with zero attached hydrogens (tertiary/aromatic N) is 4. The summed E-state index contributed by atoms with van der Waals surface area (Å²) in [5, 5.41) is 9.60. The first-order chi connectivity index (χ1) is 16.4. The number of fused-ring (bicyclic) bond motifs is 2. The summed E-state index contributed by atoms with van der Waals surface area (Å²) in [6.07, 6.45) is 0.891. The second-order valence-corrected chi connectivity index (χ2v) is 9.35. The van der Waals surface area contributed by atoms with Gasteiger partial charge < -0.3 is 5.11 Å². The topological polar surface area (TPSA) is 80.9 Å². The summed E-state index contributed by atoms with van der Waals surface area (Å²) >= 11 is 0.973. The van der Waals surface area contributed by atoms with Crippen molar-refractivity contribution in [2.24, 2.45) is 0 Å². The van der Waals surface area contributed by atoms with Crippen LogP contribution >= 0.6 is 0 Å². The Balaban J connectivity index is 0.000000257. The van der Waals surface area contributed by atoms with E-state index in [4.69, 9.17) is 20.1 Å². The molecule has 3 heterocycles. The molecule has 166 valence electrons. The Morgan fingerprint density at radius 2 is 1.74 bits per heavy atom. The second kappa shape index (κ2) is 10.5. The standard InChI is InChI=1S/C20H19N4.C7H6O2.Na/c1-4-18-23-19-13(2)11-14(3)22-20(19)24(18)12-15-7-5-9-17-16(15)8-6-10-21-17;8-7(9)6-4-2-1-3-5-6;/h5-9,11H,4,12H2,1-3H3;1-5H,(H,8,9);. The van der Waals surface area contributed by atoms with Crippen molar-refractivity contribution in [3.05, 3.63) is 94.9 Å². The number of carbonyl (C=O) groups is 1. The molecule has 0 saturated heterocycles. The van der Waals surface area contributed by atoms with Gasteiger partial charge in [-0.15, -0.1) is 0 Å². The molecular weight excluding hydrogens is 435 g/mol. The summed E-state index contributed by atoms with van der Waals surface area (Å²) in [6.45, 7) is 7.08. The van der Waals surface area contributed by atoms with Crippen LogP contribution in [-0.4, -0.2) is 58.5 Å². The molecule has 0 fully saturated rings. The van der Waals surface area contributed by atoms with Crippen LogP contribution in [-0.2, 0) is 13.0 Å². The van der Waals surface area contributed by atoms with Crippen molar-refractivity contribution in [1.82, 2.24) is 19.5 Å². The molecule has 3 aromatic heterocycles. The van der Waals surface area contributed by atoms with Crippen LogP contribution in [0.2, 0.25) is 0 Å². The molecule has 5 aromatic rings. The molecule has 0 atom stereocenters. The Bertz CT molecular complexity index is 1480. The molecule has 0 amide bonds. The number of hydrogen-bond donors (Lipinski definition) is 1. The van der Waals surface area contributed by atoms with Crippen molar-refractivity contribution >= 4 is 58.9 Å². The normalized spacial score (nSPS) is 10.9. The summed E-state index contributed by atoms with van der Waals surface area (Å²) in [7, 11) is 0.